The molecule has 0 saturated carbocycles. The fourth-order valence-corrected chi connectivity index (χ4v) is 4.11. The predicted molar refractivity (Wildman–Crippen MR) is 94.9 cm³/mol. The molecular formula is C18H20N2O4S. The lowest BCUT2D eigenvalue weighted by molar-refractivity contribution is 0.0697. The van der Waals surface area contributed by atoms with Gasteiger partial charge in [0, 0.05) is 24.8 Å². The number of nitrogens with zero attached hydrogens (tertiary/aromatic N) is 2. The molecule has 3 rings (SSSR count). The highest BCUT2D eigenvalue weighted by atomic mass is 32.2. The van der Waals surface area contributed by atoms with Gasteiger partial charge < -0.3 is 5.11 Å². The van der Waals surface area contributed by atoms with Crippen LogP contribution in [-0.2, 0) is 16.4 Å². The summed E-state index contributed by atoms with van der Waals surface area (Å²) in [5.41, 5.74) is 2.45. The number of benzene rings is 1. The molecule has 7 heteroatoms. The summed E-state index contributed by atoms with van der Waals surface area (Å²) in [7, 11) is -3.12. The second kappa shape index (κ2) is 6.93. The Bertz CT molecular complexity index is 878. The number of sulfonamides is 1. The Balaban J connectivity index is 1.73. The first-order valence-electron chi connectivity index (χ1n) is 8.07. The minimum absolute atomic E-state index is 0.224. The van der Waals surface area contributed by atoms with Gasteiger partial charge in [0.2, 0.25) is 10.0 Å². The largest absolute Gasteiger partial charge is 0.478 e. The van der Waals surface area contributed by atoms with Crippen molar-refractivity contribution in [2.75, 3.05) is 19.3 Å². The van der Waals surface area contributed by atoms with Crippen LogP contribution in [0.4, 0.5) is 0 Å². The van der Waals surface area contributed by atoms with Crippen LogP contribution in [0.5, 0.6) is 0 Å². The second-order valence-corrected chi connectivity index (χ2v) is 8.36. The van der Waals surface area contributed by atoms with Gasteiger partial charge in [-0.25, -0.2) is 17.5 Å². The molecular weight excluding hydrogens is 340 g/mol. The van der Waals surface area contributed by atoms with E-state index in [1.54, 1.807) is 30.5 Å². The van der Waals surface area contributed by atoms with Gasteiger partial charge in [-0.15, -0.1) is 0 Å². The summed E-state index contributed by atoms with van der Waals surface area (Å²) >= 11 is 0. The van der Waals surface area contributed by atoms with Crippen molar-refractivity contribution in [2.24, 2.45) is 5.92 Å². The average Bonchev–Trinajstić information content (AvgIpc) is 3.04. The number of carboxylic acid groups (broad SMARTS) is 1. The molecule has 0 unspecified atom stereocenters. The third kappa shape index (κ3) is 4.05. The van der Waals surface area contributed by atoms with E-state index in [1.807, 2.05) is 12.1 Å². The van der Waals surface area contributed by atoms with E-state index in [1.165, 1.54) is 10.6 Å². The van der Waals surface area contributed by atoms with Gasteiger partial charge in [-0.1, -0.05) is 24.3 Å². The highest BCUT2D eigenvalue weighted by Crippen LogP contribution is 2.25. The molecule has 1 aliphatic rings. The maximum atomic E-state index is 11.6. The quantitative estimate of drug-likeness (QED) is 0.884. The Morgan fingerprint density at radius 1 is 1.28 bits per heavy atom. The Morgan fingerprint density at radius 2 is 2.04 bits per heavy atom. The molecule has 2 heterocycles. The first-order valence-corrected chi connectivity index (χ1v) is 9.92. The zero-order valence-corrected chi connectivity index (χ0v) is 14.7. The lowest BCUT2D eigenvalue weighted by atomic mass is 9.98. The lowest BCUT2D eigenvalue weighted by Crippen LogP contribution is -2.27. The third-order valence-electron chi connectivity index (χ3n) is 4.50. The Hall–Kier alpha value is -2.25. The maximum Gasteiger partial charge on any atom is 0.336 e. The monoisotopic (exact) mass is 360 g/mol. The number of hydrogen-bond acceptors (Lipinski definition) is 4. The molecule has 0 radical (unpaired) electrons. The Morgan fingerprint density at radius 3 is 2.64 bits per heavy atom. The van der Waals surface area contributed by atoms with Crippen molar-refractivity contribution >= 4 is 16.0 Å². The molecule has 0 bridgehead atoms. The van der Waals surface area contributed by atoms with Crippen molar-refractivity contribution in [1.82, 2.24) is 9.29 Å². The van der Waals surface area contributed by atoms with Crippen LogP contribution in [0.2, 0.25) is 0 Å². The Labute approximate surface area is 147 Å². The number of carbonyl (C=O) groups is 1. The van der Waals surface area contributed by atoms with E-state index < -0.39 is 16.0 Å². The molecule has 1 saturated heterocycles. The maximum absolute atomic E-state index is 11.6. The van der Waals surface area contributed by atoms with Crippen molar-refractivity contribution in [3.63, 3.8) is 0 Å². The van der Waals surface area contributed by atoms with Crippen LogP contribution in [0.15, 0.2) is 42.6 Å². The number of hydrogen-bond donors (Lipinski definition) is 1. The zero-order valence-electron chi connectivity index (χ0n) is 13.9. The van der Waals surface area contributed by atoms with Crippen LogP contribution in [0, 0.1) is 5.92 Å². The molecule has 0 spiro atoms. The van der Waals surface area contributed by atoms with Crippen molar-refractivity contribution < 1.29 is 18.3 Å². The van der Waals surface area contributed by atoms with Crippen LogP contribution in [0.25, 0.3) is 11.3 Å². The number of rotatable bonds is 5. The predicted octanol–water partition coefficient (Wildman–Crippen LogP) is 2.27. The van der Waals surface area contributed by atoms with Crippen molar-refractivity contribution in [2.45, 2.75) is 12.8 Å². The molecule has 6 nitrogen and oxygen atoms in total. The minimum atomic E-state index is -3.12. The molecule has 132 valence electrons. The SMILES string of the molecule is CS(=O)(=O)N1CC[C@@H](Cc2ccc(-c3ccccc3C(=O)O)nc2)C1. The van der Waals surface area contributed by atoms with Gasteiger partial charge in [0.15, 0.2) is 0 Å². The van der Waals surface area contributed by atoms with Gasteiger partial charge in [0.25, 0.3) is 0 Å². The van der Waals surface area contributed by atoms with E-state index in [9.17, 15) is 18.3 Å². The topological polar surface area (TPSA) is 87.6 Å². The summed E-state index contributed by atoms with van der Waals surface area (Å²) in [6.07, 6.45) is 4.60. The normalized spacial score (nSPS) is 18.4. The third-order valence-corrected chi connectivity index (χ3v) is 5.77. The fourth-order valence-electron chi connectivity index (χ4n) is 3.20. The van der Waals surface area contributed by atoms with Gasteiger partial charge in [-0.3, -0.25) is 4.98 Å². The fraction of sp³-hybridized carbons (Fsp3) is 0.333. The zero-order chi connectivity index (χ0) is 18.0. The van der Waals surface area contributed by atoms with Crippen LogP contribution in [0.3, 0.4) is 0 Å². The van der Waals surface area contributed by atoms with Gasteiger partial charge in [0.1, 0.15) is 0 Å². The van der Waals surface area contributed by atoms with Gasteiger partial charge >= 0.3 is 5.97 Å². The van der Waals surface area contributed by atoms with Gasteiger partial charge in [-0.05, 0) is 36.5 Å². The van der Waals surface area contributed by atoms with E-state index >= 15 is 0 Å². The van der Waals surface area contributed by atoms with Crippen LogP contribution >= 0.6 is 0 Å². The second-order valence-electron chi connectivity index (χ2n) is 6.38. The molecule has 1 atom stereocenters. The van der Waals surface area contributed by atoms with E-state index in [-0.39, 0.29) is 11.5 Å². The molecule has 1 aromatic heterocycles. The van der Waals surface area contributed by atoms with Crippen LogP contribution in [-0.4, -0.2) is 48.1 Å². The summed E-state index contributed by atoms with van der Waals surface area (Å²) in [5.74, 6) is -0.693. The van der Waals surface area contributed by atoms with Gasteiger partial charge in [0.05, 0.1) is 17.5 Å². The first kappa shape index (κ1) is 17.6. The minimum Gasteiger partial charge on any atom is -0.478 e. The molecule has 1 N–H and O–H groups in total. The first-order chi connectivity index (χ1) is 11.8. The molecule has 1 aromatic carbocycles. The summed E-state index contributed by atoms with van der Waals surface area (Å²) in [6.45, 7) is 1.11. The van der Waals surface area contributed by atoms with Crippen molar-refractivity contribution in [3.8, 4) is 11.3 Å². The molecule has 1 aliphatic heterocycles. The number of aromatic carboxylic acids is 1. The highest BCUT2D eigenvalue weighted by molar-refractivity contribution is 7.88. The van der Waals surface area contributed by atoms with E-state index in [2.05, 4.69) is 4.98 Å². The molecule has 2 aromatic rings. The summed E-state index contributed by atoms with van der Waals surface area (Å²) < 4.78 is 24.7. The summed E-state index contributed by atoms with van der Waals surface area (Å²) in [5, 5.41) is 9.28. The smallest absolute Gasteiger partial charge is 0.336 e. The number of pyridine rings is 1. The van der Waals surface area contributed by atoms with E-state index in [0.717, 1.165) is 18.4 Å². The summed E-state index contributed by atoms with van der Waals surface area (Å²) in [6, 6.07) is 10.5. The summed E-state index contributed by atoms with van der Waals surface area (Å²) in [4.78, 5) is 15.7. The Kier molecular flexibility index (Phi) is 4.87. The number of aromatic nitrogens is 1. The highest BCUT2D eigenvalue weighted by Gasteiger charge is 2.28. The van der Waals surface area contributed by atoms with Gasteiger partial charge in [-0.2, -0.15) is 0 Å². The molecule has 25 heavy (non-hydrogen) atoms. The number of carboxylic acids is 1. The van der Waals surface area contributed by atoms with Crippen LogP contribution in [0.1, 0.15) is 22.3 Å². The van der Waals surface area contributed by atoms with Crippen LogP contribution < -0.4 is 0 Å². The average molecular weight is 360 g/mol. The van der Waals surface area contributed by atoms with E-state index in [4.69, 9.17) is 0 Å². The standard InChI is InChI=1S/C18H20N2O4S/c1-25(23,24)20-9-8-14(12-20)10-13-6-7-17(19-11-13)15-4-2-3-5-16(15)18(21)22/h2-7,11,14H,8-10,12H2,1H3,(H,21,22)/t14-/m0/s1. The van der Waals surface area contributed by atoms with Crippen molar-refractivity contribution in [1.29, 1.82) is 0 Å². The van der Waals surface area contributed by atoms with Crippen molar-refractivity contribution in [3.05, 3.63) is 53.7 Å². The molecule has 0 aliphatic carbocycles. The molecule has 1 fully saturated rings. The molecule has 0 amide bonds. The lowest BCUT2D eigenvalue weighted by Gasteiger charge is -2.13. The van der Waals surface area contributed by atoms with E-state index in [0.29, 0.717) is 24.3 Å².